The van der Waals surface area contributed by atoms with Crippen molar-refractivity contribution >= 4 is 56.2 Å². The summed E-state index contributed by atoms with van der Waals surface area (Å²) in [4.78, 5) is 12.1. The van der Waals surface area contributed by atoms with Crippen LogP contribution in [0.25, 0.3) is 0 Å². The lowest BCUT2D eigenvalue weighted by Crippen LogP contribution is -2.48. The molecule has 0 aromatic heterocycles. The average Bonchev–Trinajstić information content (AvgIpc) is 2.64. The molecular formula is C16H14Cl3N3O4S. The van der Waals surface area contributed by atoms with Crippen LogP contribution in [-0.4, -0.2) is 43.8 Å². The van der Waals surface area contributed by atoms with Gasteiger partial charge in [0.1, 0.15) is 5.02 Å². The van der Waals surface area contributed by atoms with Crippen LogP contribution in [0.5, 0.6) is 0 Å². The minimum absolute atomic E-state index is 0.112. The number of hydrogen-bond donors (Lipinski definition) is 0. The molecule has 144 valence electrons. The zero-order valence-electron chi connectivity index (χ0n) is 13.8. The molecule has 2 aromatic rings. The molecule has 11 heteroatoms. The molecule has 0 spiro atoms. The van der Waals surface area contributed by atoms with E-state index in [1.54, 1.807) is 18.2 Å². The number of nitro benzene ring substituents is 1. The van der Waals surface area contributed by atoms with Crippen LogP contribution in [0.3, 0.4) is 0 Å². The van der Waals surface area contributed by atoms with Crippen molar-refractivity contribution in [3.8, 4) is 0 Å². The average molecular weight is 451 g/mol. The maximum Gasteiger partial charge on any atom is 0.289 e. The fraction of sp³-hybridized carbons (Fsp3) is 0.250. The lowest BCUT2D eigenvalue weighted by Gasteiger charge is -2.35. The number of anilines is 1. The Morgan fingerprint density at radius 3 is 2.19 bits per heavy atom. The van der Waals surface area contributed by atoms with Crippen molar-refractivity contribution < 1.29 is 13.3 Å². The number of halogens is 3. The molecule has 0 radical (unpaired) electrons. The number of piperazine rings is 1. The second-order valence-corrected chi connectivity index (χ2v) is 9.05. The van der Waals surface area contributed by atoms with Crippen LogP contribution >= 0.6 is 34.8 Å². The minimum atomic E-state index is -3.87. The molecule has 1 saturated heterocycles. The molecule has 2 aromatic carbocycles. The first kappa shape index (κ1) is 20.2. The van der Waals surface area contributed by atoms with Crippen molar-refractivity contribution in [1.29, 1.82) is 0 Å². The second kappa shape index (κ2) is 7.81. The number of rotatable bonds is 4. The molecule has 1 heterocycles. The van der Waals surface area contributed by atoms with Crippen LogP contribution in [0.1, 0.15) is 0 Å². The Balaban J connectivity index is 1.80. The molecular weight excluding hydrogens is 437 g/mol. The molecule has 0 N–H and O–H groups in total. The van der Waals surface area contributed by atoms with E-state index in [-0.39, 0.29) is 23.0 Å². The summed E-state index contributed by atoms with van der Waals surface area (Å²) in [5.41, 5.74) is 0.297. The summed E-state index contributed by atoms with van der Waals surface area (Å²) in [6.45, 7) is 1.24. The molecule has 1 aliphatic heterocycles. The van der Waals surface area contributed by atoms with Gasteiger partial charge < -0.3 is 4.90 Å². The predicted molar refractivity (Wildman–Crippen MR) is 106 cm³/mol. The lowest BCUT2D eigenvalue weighted by atomic mass is 10.2. The fourth-order valence-electron chi connectivity index (χ4n) is 2.84. The van der Waals surface area contributed by atoms with Gasteiger partial charge in [0, 0.05) is 37.3 Å². The van der Waals surface area contributed by atoms with E-state index in [0.717, 1.165) is 11.8 Å². The summed E-state index contributed by atoms with van der Waals surface area (Å²) in [6.07, 6.45) is 0. The molecule has 1 fully saturated rings. The van der Waals surface area contributed by atoms with Crippen molar-refractivity contribution in [1.82, 2.24) is 4.31 Å². The first-order chi connectivity index (χ1) is 12.7. The first-order valence-electron chi connectivity index (χ1n) is 7.84. The van der Waals surface area contributed by atoms with Gasteiger partial charge in [0.05, 0.1) is 20.5 Å². The van der Waals surface area contributed by atoms with Crippen LogP contribution in [0.2, 0.25) is 15.1 Å². The second-order valence-electron chi connectivity index (χ2n) is 5.86. The van der Waals surface area contributed by atoms with Gasteiger partial charge in [0.15, 0.2) is 0 Å². The molecule has 27 heavy (non-hydrogen) atoms. The summed E-state index contributed by atoms with van der Waals surface area (Å²) >= 11 is 18.0. The van der Waals surface area contributed by atoms with Gasteiger partial charge in [0.25, 0.3) is 5.69 Å². The molecule has 0 unspecified atom stereocenters. The van der Waals surface area contributed by atoms with Gasteiger partial charge in [-0.3, -0.25) is 10.1 Å². The van der Waals surface area contributed by atoms with Gasteiger partial charge in [-0.15, -0.1) is 0 Å². The van der Waals surface area contributed by atoms with Gasteiger partial charge in [-0.25, -0.2) is 8.42 Å². The van der Waals surface area contributed by atoms with E-state index in [1.165, 1.54) is 16.4 Å². The summed E-state index contributed by atoms with van der Waals surface area (Å²) < 4.78 is 27.0. The van der Waals surface area contributed by atoms with Gasteiger partial charge in [0.2, 0.25) is 10.0 Å². The van der Waals surface area contributed by atoms with E-state index in [9.17, 15) is 18.5 Å². The smallest absolute Gasteiger partial charge is 0.289 e. The van der Waals surface area contributed by atoms with Crippen LogP contribution in [0, 0.1) is 10.1 Å². The van der Waals surface area contributed by atoms with E-state index < -0.39 is 20.6 Å². The van der Waals surface area contributed by atoms with Gasteiger partial charge in [-0.1, -0.05) is 34.8 Å². The number of nitro groups is 1. The molecule has 0 atom stereocenters. The first-order valence-corrected chi connectivity index (χ1v) is 10.4. The van der Waals surface area contributed by atoms with Crippen molar-refractivity contribution in [2.24, 2.45) is 0 Å². The fourth-order valence-corrected chi connectivity index (χ4v) is 4.87. The van der Waals surface area contributed by atoms with Crippen LogP contribution in [0.4, 0.5) is 11.4 Å². The van der Waals surface area contributed by atoms with E-state index in [4.69, 9.17) is 34.8 Å². The zero-order chi connectivity index (χ0) is 19.8. The van der Waals surface area contributed by atoms with Crippen LogP contribution in [0.15, 0.2) is 41.3 Å². The van der Waals surface area contributed by atoms with Crippen LogP contribution < -0.4 is 4.90 Å². The third-order valence-corrected chi connectivity index (χ3v) is 7.01. The summed E-state index contributed by atoms with van der Waals surface area (Å²) in [5, 5.41) is 12.0. The highest BCUT2D eigenvalue weighted by molar-refractivity contribution is 7.89. The highest BCUT2D eigenvalue weighted by atomic mass is 35.5. The summed E-state index contributed by atoms with van der Waals surface area (Å²) in [7, 11) is -3.87. The predicted octanol–water partition coefficient (Wildman–Crippen LogP) is 4.07. The van der Waals surface area contributed by atoms with Crippen molar-refractivity contribution in [3.63, 3.8) is 0 Å². The maximum absolute atomic E-state index is 12.8. The SMILES string of the molecule is O=[N+]([O-])c1cc(S(=O)(=O)N2CCN(c3cc(Cl)ccc3Cl)CC2)ccc1Cl. The number of hydrogen-bond acceptors (Lipinski definition) is 5. The Kier molecular flexibility index (Phi) is 5.83. The zero-order valence-corrected chi connectivity index (χ0v) is 16.9. The quantitative estimate of drug-likeness (QED) is 0.518. The molecule has 7 nitrogen and oxygen atoms in total. The maximum atomic E-state index is 12.8. The molecule has 0 saturated carbocycles. The lowest BCUT2D eigenvalue weighted by molar-refractivity contribution is -0.384. The molecule has 1 aliphatic rings. The van der Waals surface area contributed by atoms with Crippen molar-refractivity contribution in [3.05, 3.63) is 61.6 Å². The number of nitrogens with zero attached hydrogens (tertiary/aromatic N) is 3. The third-order valence-electron chi connectivity index (χ3n) is 4.24. The highest BCUT2D eigenvalue weighted by Gasteiger charge is 2.30. The Morgan fingerprint density at radius 2 is 1.56 bits per heavy atom. The Labute approximate surface area is 171 Å². The normalized spacial score (nSPS) is 15.7. The monoisotopic (exact) mass is 449 g/mol. The molecule has 0 bridgehead atoms. The van der Waals surface area contributed by atoms with Crippen molar-refractivity contribution in [2.45, 2.75) is 4.90 Å². The summed E-state index contributed by atoms with van der Waals surface area (Å²) in [5.74, 6) is 0. The van der Waals surface area contributed by atoms with E-state index in [0.29, 0.717) is 23.1 Å². The van der Waals surface area contributed by atoms with Gasteiger partial charge >= 0.3 is 0 Å². The van der Waals surface area contributed by atoms with E-state index >= 15 is 0 Å². The molecule has 0 amide bonds. The van der Waals surface area contributed by atoms with Gasteiger partial charge in [-0.2, -0.15) is 4.31 Å². The molecule has 0 aliphatic carbocycles. The Morgan fingerprint density at radius 1 is 0.926 bits per heavy atom. The molecule has 3 rings (SSSR count). The number of benzene rings is 2. The topological polar surface area (TPSA) is 83.8 Å². The van der Waals surface area contributed by atoms with Gasteiger partial charge in [-0.05, 0) is 30.3 Å². The minimum Gasteiger partial charge on any atom is -0.368 e. The van der Waals surface area contributed by atoms with Crippen molar-refractivity contribution in [2.75, 3.05) is 31.1 Å². The van der Waals surface area contributed by atoms with Crippen LogP contribution in [-0.2, 0) is 10.0 Å². The van der Waals surface area contributed by atoms with E-state index in [2.05, 4.69) is 0 Å². The Hall–Kier alpha value is -1.58. The largest absolute Gasteiger partial charge is 0.368 e. The Bertz CT molecular complexity index is 992. The highest BCUT2D eigenvalue weighted by Crippen LogP contribution is 2.32. The van der Waals surface area contributed by atoms with E-state index in [1.807, 2.05) is 4.90 Å². The number of sulfonamides is 1. The summed E-state index contributed by atoms with van der Waals surface area (Å²) in [6, 6.07) is 8.57. The standard InChI is InChI=1S/C16H14Cl3N3O4S/c17-11-1-3-13(18)15(9-11)20-5-7-21(8-6-20)27(25,26)12-2-4-14(19)16(10-12)22(23)24/h1-4,9-10H,5-8H2. The third kappa shape index (κ3) is 4.14.